The number of aryl methyl sites for hydroxylation is 1. The van der Waals surface area contributed by atoms with E-state index in [1.54, 1.807) is 6.07 Å². The molecule has 1 aliphatic rings. The molecule has 5 heteroatoms. The van der Waals surface area contributed by atoms with Gasteiger partial charge in [-0.25, -0.2) is 4.79 Å². The number of carbonyl (C=O) groups excluding carboxylic acids is 2. The van der Waals surface area contributed by atoms with Gasteiger partial charge in [0.05, 0.1) is 26.2 Å². The number of hydrogen-bond acceptors (Lipinski definition) is 5. The van der Waals surface area contributed by atoms with Gasteiger partial charge >= 0.3 is 11.9 Å². The van der Waals surface area contributed by atoms with Gasteiger partial charge in [-0.05, 0) is 24.1 Å². The van der Waals surface area contributed by atoms with Gasteiger partial charge in [0.2, 0.25) is 0 Å². The molecule has 0 aliphatic carbocycles. The van der Waals surface area contributed by atoms with Gasteiger partial charge < -0.3 is 14.2 Å². The second-order valence-corrected chi connectivity index (χ2v) is 3.63. The summed E-state index contributed by atoms with van der Waals surface area (Å²) in [6.07, 6.45) is 0.647. The van der Waals surface area contributed by atoms with E-state index in [0.29, 0.717) is 23.5 Å². The van der Waals surface area contributed by atoms with Gasteiger partial charge in [-0.15, -0.1) is 0 Å². The summed E-state index contributed by atoms with van der Waals surface area (Å²) in [6.45, 7) is 0. The molecule has 0 N–H and O–H groups in total. The fraction of sp³-hybridized carbons (Fsp3) is 0.333. The summed E-state index contributed by atoms with van der Waals surface area (Å²) in [5, 5.41) is 0. The van der Waals surface area contributed by atoms with E-state index in [2.05, 4.69) is 4.74 Å². The van der Waals surface area contributed by atoms with Gasteiger partial charge in [0.15, 0.2) is 11.5 Å². The van der Waals surface area contributed by atoms with Crippen molar-refractivity contribution < 1.29 is 23.8 Å². The lowest BCUT2D eigenvalue weighted by molar-refractivity contribution is -0.137. The number of esters is 2. The molecular formula is C12H12O5. The molecular weight excluding hydrogens is 224 g/mol. The predicted molar refractivity (Wildman–Crippen MR) is 58.3 cm³/mol. The lowest BCUT2D eigenvalue weighted by atomic mass is 10.0. The zero-order chi connectivity index (χ0) is 12.4. The summed E-state index contributed by atoms with van der Waals surface area (Å²) in [5.41, 5.74) is 1.09. The first-order valence-corrected chi connectivity index (χ1v) is 5.15. The highest BCUT2D eigenvalue weighted by atomic mass is 16.6. The first kappa shape index (κ1) is 11.4. The van der Waals surface area contributed by atoms with Crippen molar-refractivity contribution in [3.63, 3.8) is 0 Å². The molecule has 0 fully saturated rings. The molecule has 0 atom stereocenters. The average Bonchev–Trinajstić information content (AvgIpc) is 2.47. The summed E-state index contributed by atoms with van der Waals surface area (Å²) in [4.78, 5) is 22.8. The maximum Gasteiger partial charge on any atom is 0.346 e. The Morgan fingerprint density at radius 1 is 1.06 bits per heavy atom. The molecule has 5 nitrogen and oxygen atoms in total. The van der Waals surface area contributed by atoms with Crippen LogP contribution in [0.1, 0.15) is 22.3 Å². The van der Waals surface area contributed by atoms with E-state index >= 15 is 0 Å². The van der Waals surface area contributed by atoms with E-state index in [9.17, 15) is 9.59 Å². The van der Waals surface area contributed by atoms with Gasteiger partial charge in [0.25, 0.3) is 0 Å². The fourth-order valence-electron chi connectivity index (χ4n) is 1.76. The number of cyclic esters (lactones) is 2. The van der Waals surface area contributed by atoms with E-state index in [-0.39, 0.29) is 6.42 Å². The molecule has 1 heterocycles. The summed E-state index contributed by atoms with van der Waals surface area (Å²) in [6, 6.07) is 3.24. The maximum absolute atomic E-state index is 11.6. The quantitative estimate of drug-likeness (QED) is 0.572. The molecule has 0 amide bonds. The molecule has 0 bridgehead atoms. The largest absolute Gasteiger partial charge is 0.493 e. The lowest BCUT2D eigenvalue weighted by Gasteiger charge is -2.11. The molecule has 17 heavy (non-hydrogen) atoms. The lowest BCUT2D eigenvalue weighted by Crippen LogP contribution is -2.09. The Bertz CT molecular complexity index is 478. The molecule has 0 radical (unpaired) electrons. The van der Waals surface area contributed by atoms with Crippen LogP contribution >= 0.6 is 0 Å². The molecule has 1 aliphatic heterocycles. The molecule has 0 spiro atoms. The third kappa shape index (κ3) is 2.08. The first-order chi connectivity index (χ1) is 8.15. The van der Waals surface area contributed by atoms with Crippen molar-refractivity contribution in [1.82, 2.24) is 0 Å². The zero-order valence-electron chi connectivity index (χ0n) is 9.61. The van der Waals surface area contributed by atoms with Crippen LogP contribution in [0.2, 0.25) is 0 Å². The van der Waals surface area contributed by atoms with E-state index in [4.69, 9.17) is 9.47 Å². The monoisotopic (exact) mass is 236 g/mol. The third-order valence-electron chi connectivity index (χ3n) is 2.63. The van der Waals surface area contributed by atoms with Crippen LogP contribution in [0.3, 0.4) is 0 Å². The zero-order valence-corrected chi connectivity index (χ0v) is 9.61. The Hall–Kier alpha value is -2.04. The van der Waals surface area contributed by atoms with Gasteiger partial charge in [0, 0.05) is 0 Å². The summed E-state index contributed by atoms with van der Waals surface area (Å²) < 4.78 is 14.9. The van der Waals surface area contributed by atoms with Crippen LogP contribution in [0, 0.1) is 0 Å². The number of carbonyl (C=O) groups is 2. The minimum absolute atomic E-state index is 0.189. The Morgan fingerprint density at radius 2 is 1.71 bits per heavy atom. The Morgan fingerprint density at radius 3 is 2.35 bits per heavy atom. The minimum atomic E-state index is -0.636. The molecule has 0 aromatic heterocycles. The van der Waals surface area contributed by atoms with Gasteiger partial charge in [0.1, 0.15) is 0 Å². The second-order valence-electron chi connectivity index (χ2n) is 3.63. The minimum Gasteiger partial charge on any atom is -0.493 e. The SMILES string of the molecule is COc1cc2c(cc1OC)C(=O)OC(=O)CC2. The van der Waals surface area contributed by atoms with Gasteiger partial charge in [-0.3, -0.25) is 4.79 Å². The summed E-state index contributed by atoms with van der Waals surface area (Å²) >= 11 is 0. The van der Waals surface area contributed by atoms with Crippen molar-refractivity contribution in [3.8, 4) is 11.5 Å². The number of methoxy groups -OCH3 is 2. The molecule has 0 saturated carbocycles. The highest BCUT2D eigenvalue weighted by Crippen LogP contribution is 2.32. The van der Waals surface area contributed by atoms with Crippen molar-refractivity contribution in [3.05, 3.63) is 23.3 Å². The highest BCUT2D eigenvalue weighted by molar-refractivity contribution is 5.99. The summed E-state index contributed by atoms with van der Waals surface area (Å²) in [5.74, 6) is -0.168. The van der Waals surface area contributed by atoms with E-state index in [1.165, 1.54) is 20.3 Å². The van der Waals surface area contributed by atoms with Crippen LogP contribution < -0.4 is 9.47 Å². The topological polar surface area (TPSA) is 61.8 Å². The maximum atomic E-state index is 11.6. The van der Waals surface area contributed by atoms with Crippen molar-refractivity contribution >= 4 is 11.9 Å². The third-order valence-corrected chi connectivity index (χ3v) is 2.63. The Labute approximate surface area is 98.3 Å². The second kappa shape index (κ2) is 4.45. The smallest absolute Gasteiger partial charge is 0.346 e. The van der Waals surface area contributed by atoms with E-state index in [1.807, 2.05) is 0 Å². The van der Waals surface area contributed by atoms with Crippen molar-refractivity contribution in [2.75, 3.05) is 14.2 Å². The van der Waals surface area contributed by atoms with Crippen LogP contribution in [0.25, 0.3) is 0 Å². The van der Waals surface area contributed by atoms with Crippen molar-refractivity contribution in [2.45, 2.75) is 12.8 Å². The van der Waals surface area contributed by atoms with Crippen molar-refractivity contribution in [1.29, 1.82) is 0 Å². The average molecular weight is 236 g/mol. The van der Waals surface area contributed by atoms with E-state index in [0.717, 1.165) is 5.56 Å². The number of rotatable bonds is 2. The molecule has 1 aromatic rings. The van der Waals surface area contributed by atoms with Gasteiger partial charge in [-0.1, -0.05) is 0 Å². The van der Waals surface area contributed by atoms with Crippen LogP contribution in [-0.4, -0.2) is 26.2 Å². The van der Waals surface area contributed by atoms with Gasteiger partial charge in [-0.2, -0.15) is 0 Å². The van der Waals surface area contributed by atoms with E-state index < -0.39 is 11.9 Å². The molecule has 1 aromatic carbocycles. The molecule has 0 unspecified atom stereocenters. The Kier molecular flexibility index (Phi) is 2.99. The number of ether oxygens (including phenoxy) is 3. The van der Waals surface area contributed by atoms with Crippen molar-refractivity contribution in [2.24, 2.45) is 0 Å². The number of hydrogen-bond donors (Lipinski definition) is 0. The first-order valence-electron chi connectivity index (χ1n) is 5.15. The number of fused-ring (bicyclic) bond motifs is 1. The molecule has 90 valence electrons. The normalized spacial score (nSPS) is 14.7. The van der Waals surface area contributed by atoms with Crippen LogP contribution in [0.15, 0.2) is 12.1 Å². The number of benzene rings is 1. The highest BCUT2D eigenvalue weighted by Gasteiger charge is 2.24. The standard InChI is InChI=1S/C12H12O5/c1-15-9-5-7-3-4-11(13)17-12(14)8(7)6-10(9)16-2/h5-6H,3-4H2,1-2H3. The Balaban J connectivity index is 2.52. The van der Waals surface area contributed by atoms with Crippen LogP contribution in [0.5, 0.6) is 11.5 Å². The predicted octanol–water partition coefficient (Wildman–Crippen LogP) is 1.33. The van der Waals surface area contributed by atoms with Crippen LogP contribution in [-0.2, 0) is 16.0 Å². The molecule has 0 saturated heterocycles. The fourth-order valence-corrected chi connectivity index (χ4v) is 1.76. The molecule has 2 rings (SSSR count). The summed E-state index contributed by atoms with van der Waals surface area (Å²) in [7, 11) is 3.00. The van der Waals surface area contributed by atoms with Crippen LogP contribution in [0.4, 0.5) is 0 Å².